The van der Waals surface area contributed by atoms with Crippen LogP contribution in [-0.4, -0.2) is 16.1 Å². The highest BCUT2D eigenvalue weighted by atomic mass is 16.5. The van der Waals surface area contributed by atoms with Crippen molar-refractivity contribution in [1.29, 1.82) is 0 Å². The van der Waals surface area contributed by atoms with Crippen molar-refractivity contribution in [3.8, 4) is 5.75 Å². The van der Waals surface area contributed by atoms with Crippen LogP contribution in [0.25, 0.3) is 0 Å². The number of pyridine rings is 1. The van der Waals surface area contributed by atoms with E-state index in [0.717, 1.165) is 11.1 Å². The highest BCUT2D eigenvalue weighted by molar-refractivity contribution is 5.88. The number of aryl methyl sites for hydroxylation is 1. The van der Waals surface area contributed by atoms with Crippen LogP contribution in [0, 0.1) is 6.92 Å². The predicted octanol–water partition coefficient (Wildman–Crippen LogP) is 2.67. The van der Waals surface area contributed by atoms with E-state index in [1.807, 2.05) is 19.1 Å². The fourth-order valence-corrected chi connectivity index (χ4v) is 1.53. The first-order valence-corrected chi connectivity index (χ1v) is 5.52. The van der Waals surface area contributed by atoms with Gasteiger partial charge in [0, 0.05) is 12.4 Å². The van der Waals surface area contributed by atoms with E-state index in [-0.39, 0.29) is 5.56 Å². The highest BCUT2D eigenvalue weighted by Gasteiger charge is 2.07. The van der Waals surface area contributed by atoms with E-state index in [1.54, 1.807) is 30.6 Å². The average molecular weight is 243 g/mol. The zero-order chi connectivity index (χ0) is 13.0. The summed E-state index contributed by atoms with van der Waals surface area (Å²) in [5.41, 5.74) is 2.13. The topological polar surface area (TPSA) is 59.4 Å². The molecule has 0 aliphatic rings. The molecule has 0 bridgehead atoms. The Labute approximate surface area is 105 Å². The average Bonchev–Trinajstić information content (AvgIpc) is 2.38. The standard InChI is InChI=1S/C14H13NO3/c1-10-2-3-12(14(16)17)8-13(10)18-9-11-4-6-15-7-5-11/h2-8H,9H2,1H3,(H,16,17). The van der Waals surface area contributed by atoms with Crippen molar-refractivity contribution < 1.29 is 14.6 Å². The summed E-state index contributed by atoms with van der Waals surface area (Å²) in [5.74, 6) is -0.365. The first-order valence-electron chi connectivity index (χ1n) is 5.52. The maximum Gasteiger partial charge on any atom is 0.335 e. The summed E-state index contributed by atoms with van der Waals surface area (Å²) >= 11 is 0. The van der Waals surface area contributed by atoms with Crippen LogP contribution in [0.2, 0.25) is 0 Å². The molecule has 0 aliphatic heterocycles. The van der Waals surface area contributed by atoms with E-state index >= 15 is 0 Å². The Kier molecular flexibility index (Phi) is 3.57. The van der Waals surface area contributed by atoms with Crippen LogP contribution in [-0.2, 0) is 6.61 Å². The minimum atomic E-state index is -0.955. The molecule has 1 N–H and O–H groups in total. The Balaban J connectivity index is 2.14. The molecule has 0 spiro atoms. The van der Waals surface area contributed by atoms with Gasteiger partial charge in [0.1, 0.15) is 12.4 Å². The van der Waals surface area contributed by atoms with Crippen LogP contribution in [0.5, 0.6) is 5.75 Å². The van der Waals surface area contributed by atoms with E-state index in [9.17, 15) is 4.79 Å². The molecule has 2 rings (SSSR count). The first kappa shape index (κ1) is 12.1. The fraction of sp³-hybridized carbons (Fsp3) is 0.143. The second-order valence-electron chi connectivity index (χ2n) is 3.93. The summed E-state index contributed by atoms with van der Waals surface area (Å²) < 4.78 is 5.62. The lowest BCUT2D eigenvalue weighted by molar-refractivity contribution is 0.0696. The first-order chi connectivity index (χ1) is 8.66. The van der Waals surface area contributed by atoms with Gasteiger partial charge in [0.05, 0.1) is 5.56 Å². The molecular weight excluding hydrogens is 230 g/mol. The van der Waals surface area contributed by atoms with Gasteiger partial charge in [-0.05, 0) is 42.3 Å². The third kappa shape index (κ3) is 2.85. The molecule has 0 aliphatic carbocycles. The van der Waals surface area contributed by atoms with Gasteiger partial charge in [0.2, 0.25) is 0 Å². The molecule has 18 heavy (non-hydrogen) atoms. The molecule has 1 aromatic carbocycles. The van der Waals surface area contributed by atoms with Crippen molar-refractivity contribution in [2.24, 2.45) is 0 Å². The van der Waals surface area contributed by atoms with Gasteiger partial charge in [-0.15, -0.1) is 0 Å². The SMILES string of the molecule is Cc1ccc(C(=O)O)cc1OCc1ccncc1. The highest BCUT2D eigenvalue weighted by Crippen LogP contribution is 2.20. The lowest BCUT2D eigenvalue weighted by Crippen LogP contribution is -2.01. The lowest BCUT2D eigenvalue weighted by Gasteiger charge is -2.09. The van der Waals surface area contributed by atoms with Crippen LogP contribution in [0.15, 0.2) is 42.7 Å². The number of nitrogens with zero attached hydrogens (tertiary/aromatic N) is 1. The van der Waals surface area contributed by atoms with Gasteiger partial charge in [-0.3, -0.25) is 4.98 Å². The molecule has 4 heteroatoms. The van der Waals surface area contributed by atoms with Crippen molar-refractivity contribution in [3.63, 3.8) is 0 Å². The van der Waals surface area contributed by atoms with Crippen LogP contribution in [0.1, 0.15) is 21.5 Å². The minimum absolute atomic E-state index is 0.227. The Morgan fingerprint density at radius 2 is 2.00 bits per heavy atom. The van der Waals surface area contributed by atoms with E-state index in [1.165, 1.54) is 0 Å². The smallest absolute Gasteiger partial charge is 0.335 e. The number of carboxylic acids is 1. The Bertz CT molecular complexity index is 552. The van der Waals surface area contributed by atoms with Crippen molar-refractivity contribution in [1.82, 2.24) is 4.98 Å². The van der Waals surface area contributed by atoms with E-state index in [2.05, 4.69) is 4.98 Å². The van der Waals surface area contributed by atoms with Crippen molar-refractivity contribution >= 4 is 5.97 Å². The molecule has 1 aromatic heterocycles. The van der Waals surface area contributed by atoms with E-state index in [4.69, 9.17) is 9.84 Å². The number of ether oxygens (including phenoxy) is 1. The predicted molar refractivity (Wildman–Crippen MR) is 66.7 cm³/mol. The van der Waals surface area contributed by atoms with Crippen molar-refractivity contribution in [3.05, 3.63) is 59.4 Å². The van der Waals surface area contributed by atoms with E-state index < -0.39 is 5.97 Å². The fourth-order valence-electron chi connectivity index (χ4n) is 1.53. The Morgan fingerprint density at radius 1 is 1.28 bits per heavy atom. The Morgan fingerprint density at radius 3 is 2.67 bits per heavy atom. The quantitative estimate of drug-likeness (QED) is 0.896. The molecule has 0 fully saturated rings. The van der Waals surface area contributed by atoms with Gasteiger partial charge in [-0.25, -0.2) is 4.79 Å². The molecule has 0 radical (unpaired) electrons. The molecule has 4 nitrogen and oxygen atoms in total. The monoisotopic (exact) mass is 243 g/mol. The summed E-state index contributed by atoms with van der Waals surface area (Å²) in [4.78, 5) is 14.8. The van der Waals surface area contributed by atoms with Crippen LogP contribution in [0.3, 0.4) is 0 Å². The van der Waals surface area contributed by atoms with Gasteiger partial charge >= 0.3 is 5.97 Å². The van der Waals surface area contributed by atoms with Crippen LogP contribution in [0.4, 0.5) is 0 Å². The normalized spacial score (nSPS) is 10.1. The van der Waals surface area contributed by atoms with Crippen molar-refractivity contribution in [2.45, 2.75) is 13.5 Å². The molecule has 0 atom stereocenters. The second-order valence-corrected chi connectivity index (χ2v) is 3.93. The number of aromatic nitrogens is 1. The molecule has 1 heterocycles. The molecule has 0 unspecified atom stereocenters. The summed E-state index contributed by atoms with van der Waals surface area (Å²) in [6, 6.07) is 8.56. The zero-order valence-corrected chi connectivity index (χ0v) is 9.96. The van der Waals surface area contributed by atoms with Gasteiger partial charge in [0.15, 0.2) is 0 Å². The zero-order valence-electron chi connectivity index (χ0n) is 9.96. The lowest BCUT2D eigenvalue weighted by atomic mass is 10.1. The summed E-state index contributed by atoms with van der Waals surface area (Å²) in [7, 11) is 0. The van der Waals surface area contributed by atoms with Crippen LogP contribution < -0.4 is 4.74 Å². The molecule has 0 amide bonds. The summed E-state index contributed by atoms with van der Waals surface area (Å²) in [6.07, 6.45) is 3.39. The van der Waals surface area contributed by atoms with Crippen molar-refractivity contribution in [2.75, 3.05) is 0 Å². The summed E-state index contributed by atoms with van der Waals surface area (Å²) in [5, 5.41) is 8.92. The third-order valence-corrected chi connectivity index (χ3v) is 2.58. The minimum Gasteiger partial charge on any atom is -0.489 e. The Hall–Kier alpha value is -2.36. The number of hydrogen-bond donors (Lipinski definition) is 1. The number of aromatic carboxylic acids is 1. The van der Waals surface area contributed by atoms with Gasteiger partial charge < -0.3 is 9.84 Å². The third-order valence-electron chi connectivity index (χ3n) is 2.58. The number of rotatable bonds is 4. The van der Waals surface area contributed by atoms with Gasteiger partial charge in [-0.2, -0.15) is 0 Å². The molecule has 0 saturated heterocycles. The van der Waals surface area contributed by atoms with Crippen LogP contribution >= 0.6 is 0 Å². The summed E-state index contributed by atoms with van der Waals surface area (Å²) in [6.45, 7) is 2.28. The molecule has 92 valence electrons. The van der Waals surface area contributed by atoms with E-state index in [0.29, 0.717) is 12.4 Å². The number of hydrogen-bond acceptors (Lipinski definition) is 3. The second kappa shape index (κ2) is 5.31. The number of benzene rings is 1. The maximum atomic E-state index is 10.9. The number of carboxylic acid groups (broad SMARTS) is 1. The molecule has 2 aromatic rings. The largest absolute Gasteiger partial charge is 0.489 e. The van der Waals surface area contributed by atoms with Gasteiger partial charge in [-0.1, -0.05) is 6.07 Å². The maximum absolute atomic E-state index is 10.9. The number of carbonyl (C=O) groups is 1. The van der Waals surface area contributed by atoms with Gasteiger partial charge in [0.25, 0.3) is 0 Å². The molecular formula is C14H13NO3. The molecule has 0 saturated carbocycles.